The van der Waals surface area contributed by atoms with Crippen LogP contribution in [0.2, 0.25) is 0 Å². The van der Waals surface area contributed by atoms with Crippen LogP contribution in [0, 0.1) is 0 Å². The van der Waals surface area contributed by atoms with E-state index in [2.05, 4.69) is 145 Å². The van der Waals surface area contributed by atoms with Gasteiger partial charge in [0.2, 0.25) is 0 Å². The van der Waals surface area contributed by atoms with Gasteiger partial charge in [0.1, 0.15) is 0 Å². The molecule has 3 aromatic heterocycles. The highest BCUT2D eigenvalue weighted by molar-refractivity contribution is 7.23. The molecule has 6 aromatic carbocycles. The average Bonchev–Trinajstić information content (AvgIpc) is 3.83. The summed E-state index contributed by atoms with van der Waals surface area (Å²) in [5, 5.41) is 4.84. The predicted molar refractivity (Wildman–Crippen MR) is 205 cm³/mol. The van der Waals surface area contributed by atoms with Crippen molar-refractivity contribution in [2.45, 2.75) is 0 Å². The van der Waals surface area contributed by atoms with E-state index in [1.165, 1.54) is 52.9 Å². The van der Waals surface area contributed by atoms with Crippen LogP contribution < -0.4 is 0 Å². The van der Waals surface area contributed by atoms with Crippen molar-refractivity contribution >= 4 is 42.8 Å². The molecule has 0 radical (unpaired) electrons. The van der Waals surface area contributed by atoms with E-state index in [1.54, 1.807) is 0 Å². The minimum absolute atomic E-state index is 0.724. The van der Waals surface area contributed by atoms with Crippen LogP contribution in [0.15, 0.2) is 169 Å². The van der Waals surface area contributed by atoms with E-state index in [9.17, 15) is 0 Å². The summed E-state index contributed by atoms with van der Waals surface area (Å²) in [4.78, 5) is 11.3. The monoisotopic (exact) mass is 648 g/mol. The maximum atomic E-state index is 5.04. The smallest absolute Gasteiger partial charge is 0.160 e. The molecule has 0 fully saturated rings. The molecule has 4 heteroatoms. The number of thiophene rings is 2. The highest BCUT2D eigenvalue weighted by atomic mass is 32.1. The van der Waals surface area contributed by atoms with Gasteiger partial charge in [-0.1, -0.05) is 146 Å². The molecule has 0 bridgehead atoms. The first-order valence-corrected chi connectivity index (χ1v) is 17.7. The lowest BCUT2D eigenvalue weighted by atomic mass is 9.93. The maximum absolute atomic E-state index is 5.04. The third kappa shape index (κ3) is 5.12. The molecule has 9 rings (SSSR count). The van der Waals surface area contributed by atoms with Crippen LogP contribution in [0.1, 0.15) is 0 Å². The molecule has 48 heavy (non-hydrogen) atoms. The average molecular weight is 649 g/mol. The highest BCUT2D eigenvalue weighted by Crippen LogP contribution is 2.50. The fourth-order valence-electron chi connectivity index (χ4n) is 6.51. The predicted octanol–water partition coefficient (Wildman–Crippen LogP) is 12.9. The van der Waals surface area contributed by atoms with Crippen molar-refractivity contribution < 1.29 is 0 Å². The third-order valence-electron chi connectivity index (χ3n) is 8.81. The summed E-state index contributed by atoms with van der Waals surface area (Å²) >= 11 is 3.71. The van der Waals surface area contributed by atoms with Gasteiger partial charge in [0.25, 0.3) is 0 Å². The van der Waals surface area contributed by atoms with Gasteiger partial charge >= 0.3 is 0 Å². The van der Waals surface area contributed by atoms with Crippen molar-refractivity contribution in [3.05, 3.63) is 169 Å². The molecule has 0 atom stereocenters. The molecule has 0 aliphatic heterocycles. The van der Waals surface area contributed by atoms with Gasteiger partial charge in [-0.3, -0.25) is 0 Å². The zero-order valence-electron chi connectivity index (χ0n) is 25.9. The first-order valence-electron chi connectivity index (χ1n) is 16.0. The normalized spacial score (nSPS) is 11.3. The Morgan fingerprint density at radius 1 is 0.375 bits per heavy atom. The molecule has 0 aliphatic rings. The van der Waals surface area contributed by atoms with Crippen LogP contribution in [0.3, 0.4) is 0 Å². The molecule has 226 valence electrons. The summed E-state index contributed by atoms with van der Waals surface area (Å²) in [5.41, 5.74) is 11.3. The Hall–Kier alpha value is -5.68. The van der Waals surface area contributed by atoms with Crippen LogP contribution in [0.25, 0.3) is 86.8 Å². The summed E-state index contributed by atoms with van der Waals surface area (Å²) in [5.74, 6) is 0.724. The Labute approximate surface area is 287 Å². The van der Waals surface area contributed by atoms with Crippen LogP contribution in [0.5, 0.6) is 0 Å². The van der Waals surface area contributed by atoms with Gasteiger partial charge in [-0.15, -0.1) is 22.7 Å². The van der Waals surface area contributed by atoms with Gasteiger partial charge in [0, 0.05) is 52.9 Å². The largest absolute Gasteiger partial charge is 0.228 e. The second-order valence-electron chi connectivity index (χ2n) is 11.8. The second kappa shape index (κ2) is 12.2. The van der Waals surface area contributed by atoms with Gasteiger partial charge in [0.05, 0.1) is 11.4 Å². The van der Waals surface area contributed by atoms with Crippen molar-refractivity contribution in [3.8, 4) is 66.6 Å². The Balaban J connectivity index is 1.19. The molecule has 0 unspecified atom stereocenters. The first-order chi connectivity index (χ1) is 23.8. The molecule has 0 N–H and O–H groups in total. The van der Waals surface area contributed by atoms with Crippen LogP contribution in [-0.4, -0.2) is 9.97 Å². The summed E-state index contributed by atoms with van der Waals surface area (Å²) in [6.07, 6.45) is 0. The number of nitrogens with zero attached hydrogens (tertiary/aromatic N) is 2. The molecule has 0 amide bonds. The van der Waals surface area contributed by atoms with E-state index >= 15 is 0 Å². The summed E-state index contributed by atoms with van der Waals surface area (Å²) in [7, 11) is 0. The fraction of sp³-hybridized carbons (Fsp3) is 0. The number of rotatable bonds is 6. The first kappa shape index (κ1) is 28.5. The summed E-state index contributed by atoms with van der Waals surface area (Å²) in [6, 6.07) is 57.9. The summed E-state index contributed by atoms with van der Waals surface area (Å²) < 4.78 is 2.65. The molecule has 2 nitrogen and oxygen atoms in total. The van der Waals surface area contributed by atoms with E-state index < -0.39 is 0 Å². The van der Waals surface area contributed by atoms with Gasteiger partial charge in [-0.2, -0.15) is 0 Å². The number of fused-ring (bicyclic) bond motifs is 2. The van der Waals surface area contributed by atoms with E-state index in [4.69, 9.17) is 9.97 Å². The van der Waals surface area contributed by atoms with Crippen molar-refractivity contribution in [2.75, 3.05) is 0 Å². The maximum Gasteiger partial charge on any atom is 0.160 e. The fourth-order valence-corrected chi connectivity index (χ4v) is 8.74. The lowest BCUT2D eigenvalue weighted by Gasteiger charge is -2.12. The Morgan fingerprint density at radius 2 is 0.854 bits per heavy atom. The zero-order chi connectivity index (χ0) is 31.9. The standard InChI is InChI=1S/C44H28N2S2/c1-5-13-29(14-6-1)37-28-38(46-44(45-37)34-19-11-4-12-20-34)30-21-23-31(24-22-30)39-27-36-41(33-17-9-3-10-18-33)42-35(25-26-47-42)40(43(36)48-39)32-15-7-2-8-16-32/h1-28H. The molecule has 0 saturated carbocycles. The molecule has 0 aliphatic carbocycles. The van der Waals surface area contributed by atoms with Crippen LogP contribution in [-0.2, 0) is 0 Å². The lowest BCUT2D eigenvalue weighted by Crippen LogP contribution is -1.95. The number of aromatic nitrogens is 2. The van der Waals surface area contributed by atoms with E-state index in [0.717, 1.165) is 33.9 Å². The molecule has 0 saturated heterocycles. The Kier molecular flexibility index (Phi) is 7.23. The van der Waals surface area contributed by atoms with Crippen molar-refractivity contribution in [1.82, 2.24) is 9.97 Å². The van der Waals surface area contributed by atoms with Crippen molar-refractivity contribution in [3.63, 3.8) is 0 Å². The molecular weight excluding hydrogens is 621 g/mol. The minimum atomic E-state index is 0.724. The number of hydrogen-bond donors (Lipinski definition) is 0. The van der Waals surface area contributed by atoms with E-state index in [0.29, 0.717) is 0 Å². The van der Waals surface area contributed by atoms with Gasteiger partial charge in [0.15, 0.2) is 5.82 Å². The third-order valence-corrected chi connectivity index (χ3v) is 10.9. The van der Waals surface area contributed by atoms with Crippen LogP contribution in [0.4, 0.5) is 0 Å². The molecular formula is C44H28N2S2. The van der Waals surface area contributed by atoms with E-state index in [-0.39, 0.29) is 0 Å². The number of benzene rings is 6. The molecule has 0 spiro atoms. The Bertz CT molecular complexity index is 2370. The van der Waals surface area contributed by atoms with Crippen molar-refractivity contribution in [2.24, 2.45) is 0 Å². The minimum Gasteiger partial charge on any atom is -0.228 e. The zero-order valence-corrected chi connectivity index (χ0v) is 27.5. The van der Waals surface area contributed by atoms with Gasteiger partial charge < -0.3 is 0 Å². The summed E-state index contributed by atoms with van der Waals surface area (Å²) in [6.45, 7) is 0. The van der Waals surface area contributed by atoms with Crippen LogP contribution >= 0.6 is 22.7 Å². The van der Waals surface area contributed by atoms with Gasteiger partial charge in [-0.05, 0) is 40.3 Å². The topological polar surface area (TPSA) is 25.8 Å². The quantitative estimate of drug-likeness (QED) is 0.179. The van der Waals surface area contributed by atoms with Gasteiger partial charge in [-0.25, -0.2) is 9.97 Å². The molecule has 9 aromatic rings. The Morgan fingerprint density at radius 3 is 1.44 bits per heavy atom. The lowest BCUT2D eigenvalue weighted by molar-refractivity contribution is 1.18. The number of hydrogen-bond acceptors (Lipinski definition) is 4. The SMILES string of the molecule is c1ccc(-c2cc(-c3ccc(-c4cc5c(-c6ccccc6)c6sccc6c(-c6ccccc6)c5s4)cc3)nc(-c3ccccc3)n2)cc1. The molecule has 3 heterocycles. The highest BCUT2D eigenvalue weighted by Gasteiger charge is 2.21. The van der Waals surface area contributed by atoms with E-state index in [1.807, 2.05) is 46.9 Å². The second-order valence-corrected chi connectivity index (χ2v) is 13.7. The van der Waals surface area contributed by atoms with Crippen molar-refractivity contribution in [1.29, 1.82) is 0 Å².